The van der Waals surface area contributed by atoms with Crippen molar-refractivity contribution < 1.29 is 19.1 Å². The van der Waals surface area contributed by atoms with Crippen LogP contribution in [-0.2, 0) is 20.9 Å². The van der Waals surface area contributed by atoms with Crippen LogP contribution in [0.15, 0.2) is 60.7 Å². The second-order valence-electron chi connectivity index (χ2n) is 5.60. The zero-order valence-electron chi connectivity index (χ0n) is 14.7. The van der Waals surface area contributed by atoms with E-state index >= 15 is 0 Å². The molecule has 0 spiro atoms. The molecule has 0 unspecified atom stereocenters. The molecule has 2 aromatic carbocycles. The van der Waals surface area contributed by atoms with Crippen molar-refractivity contribution in [1.82, 2.24) is 5.32 Å². The van der Waals surface area contributed by atoms with Gasteiger partial charge in [0.25, 0.3) is 5.91 Å². The third kappa shape index (κ3) is 7.19. The van der Waals surface area contributed by atoms with Gasteiger partial charge in [-0.05, 0) is 36.1 Å². The van der Waals surface area contributed by atoms with Crippen molar-refractivity contribution in [3.8, 4) is 5.75 Å². The predicted octanol–water partition coefficient (Wildman–Crippen LogP) is 3.05. The molecular formula is C20H23NO4S. The zero-order valence-corrected chi connectivity index (χ0v) is 15.5. The van der Waals surface area contributed by atoms with Gasteiger partial charge in [-0.1, -0.05) is 48.5 Å². The van der Waals surface area contributed by atoms with E-state index in [1.807, 2.05) is 54.8 Å². The van der Waals surface area contributed by atoms with Crippen LogP contribution in [0.5, 0.6) is 5.75 Å². The molecule has 0 aliphatic heterocycles. The number of hydrogen-bond donors (Lipinski definition) is 1. The van der Waals surface area contributed by atoms with E-state index in [2.05, 4.69) is 5.32 Å². The monoisotopic (exact) mass is 373 g/mol. The molecule has 0 aliphatic rings. The van der Waals surface area contributed by atoms with Crippen molar-refractivity contribution in [3.63, 3.8) is 0 Å². The Bertz CT molecular complexity index is 679. The lowest BCUT2D eigenvalue weighted by molar-refractivity contribution is -0.149. The lowest BCUT2D eigenvalue weighted by atomic mass is 10.2. The van der Waals surface area contributed by atoms with E-state index in [-0.39, 0.29) is 19.1 Å². The molecule has 0 aliphatic carbocycles. The van der Waals surface area contributed by atoms with Gasteiger partial charge in [-0.15, -0.1) is 0 Å². The maximum atomic E-state index is 12.3. The largest absolute Gasteiger partial charge is 0.484 e. The van der Waals surface area contributed by atoms with Crippen molar-refractivity contribution in [3.05, 3.63) is 66.2 Å². The molecule has 26 heavy (non-hydrogen) atoms. The van der Waals surface area contributed by atoms with Crippen molar-refractivity contribution in [2.45, 2.75) is 19.1 Å². The first-order valence-electron chi connectivity index (χ1n) is 8.35. The van der Waals surface area contributed by atoms with E-state index in [0.29, 0.717) is 12.2 Å². The van der Waals surface area contributed by atoms with Crippen LogP contribution in [0.25, 0.3) is 0 Å². The molecule has 1 atom stereocenters. The molecule has 138 valence electrons. The molecule has 5 nitrogen and oxygen atoms in total. The number of nitrogens with one attached hydrogen (secondary N) is 1. The number of benzene rings is 2. The number of esters is 1. The van der Waals surface area contributed by atoms with E-state index in [9.17, 15) is 9.59 Å². The number of para-hydroxylation sites is 1. The van der Waals surface area contributed by atoms with Crippen LogP contribution in [0.1, 0.15) is 12.0 Å². The van der Waals surface area contributed by atoms with E-state index < -0.39 is 12.0 Å². The number of thioether (sulfide) groups is 1. The van der Waals surface area contributed by atoms with Crippen LogP contribution in [0.4, 0.5) is 0 Å². The van der Waals surface area contributed by atoms with Gasteiger partial charge in [-0.25, -0.2) is 4.79 Å². The minimum atomic E-state index is -0.682. The Kier molecular flexibility index (Phi) is 8.55. The second-order valence-corrected chi connectivity index (χ2v) is 6.58. The summed E-state index contributed by atoms with van der Waals surface area (Å²) in [5, 5.41) is 2.71. The minimum absolute atomic E-state index is 0.147. The number of ether oxygens (including phenoxy) is 2. The Morgan fingerprint density at radius 2 is 1.69 bits per heavy atom. The first-order chi connectivity index (χ1) is 12.7. The van der Waals surface area contributed by atoms with E-state index in [1.165, 1.54) is 0 Å². The summed E-state index contributed by atoms with van der Waals surface area (Å²) in [6.07, 6.45) is 2.46. The lowest BCUT2D eigenvalue weighted by Gasteiger charge is -2.17. The summed E-state index contributed by atoms with van der Waals surface area (Å²) in [6.45, 7) is 0.0393. The Morgan fingerprint density at radius 1 is 1.04 bits per heavy atom. The van der Waals surface area contributed by atoms with Crippen LogP contribution in [0.2, 0.25) is 0 Å². The Morgan fingerprint density at radius 3 is 2.35 bits per heavy atom. The van der Waals surface area contributed by atoms with Gasteiger partial charge in [0.15, 0.2) is 6.61 Å². The molecule has 0 bridgehead atoms. The van der Waals surface area contributed by atoms with Gasteiger partial charge in [0.05, 0.1) is 0 Å². The highest BCUT2D eigenvalue weighted by molar-refractivity contribution is 7.98. The summed E-state index contributed by atoms with van der Waals surface area (Å²) in [7, 11) is 0. The van der Waals surface area contributed by atoms with Gasteiger partial charge >= 0.3 is 5.97 Å². The van der Waals surface area contributed by atoms with Gasteiger partial charge in [-0.2, -0.15) is 11.8 Å². The molecule has 1 amide bonds. The molecule has 2 rings (SSSR count). The van der Waals surface area contributed by atoms with Crippen molar-refractivity contribution in [2.24, 2.45) is 0 Å². The maximum Gasteiger partial charge on any atom is 0.329 e. The van der Waals surface area contributed by atoms with Gasteiger partial charge in [-0.3, -0.25) is 4.79 Å². The molecule has 0 saturated heterocycles. The Labute approximate surface area is 158 Å². The van der Waals surface area contributed by atoms with Gasteiger partial charge < -0.3 is 14.8 Å². The fourth-order valence-electron chi connectivity index (χ4n) is 2.22. The summed E-state index contributed by atoms with van der Waals surface area (Å²) < 4.78 is 10.8. The summed E-state index contributed by atoms with van der Waals surface area (Å²) in [5.41, 5.74) is 0.906. The SMILES string of the molecule is CSCC[C@H](NC(=O)COc1ccccc1)C(=O)OCc1ccccc1. The lowest BCUT2D eigenvalue weighted by Crippen LogP contribution is -2.44. The van der Waals surface area contributed by atoms with E-state index in [1.54, 1.807) is 23.9 Å². The Hall–Kier alpha value is -2.47. The molecule has 6 heteroatoms. The zero-order chi connectivity index (χ0) is 18.6. The minimum Gasteiger partial charge on any atom is -0.484 e. The van der Waals surface area contributed by atoms with Gasteiger partial charge in [0.2, 0.25) is 0 Å². The van der Waals surface area contributed by atoms with Crippen LogP contribution in [0.3, 0.4) is 0 Å². The molecule has 0 aromatic heterocycles. The molecule has 1 N–H and O–H groups in total. The third-order valence-corrected chi connectivity index (χ3v) is 4.21. The smallest absolute Gasteiger partial charge is 0.329 e. The maximum absolute atomic E-state index is 12.3. The molecule has 0 radical (unpaired) electrons. The summed E-state index contributed by atoms with van der Waals surface area (Å²) in [5.74, 6) is 0.563. The van der Waals surface area contributed by atoms with Crippen molar-refractivity contribution >= 4 is 23.6 Å². The van der Waals surface area contributed by atoms with Crippen LogP contribution >= 0.6 is 11.8 Å². The number of amides is 1. The average Bonchev–Trinajstić information content (AvgIpc) is 2.69. The molecular weight excluding hydrogens is 350 g/mol. The van der Waals surface area contributed by atoms with Crippen molar-refractivity contribution in [2.75, 3.05) is 18.6 Å². The Balaban J connectivity index is 1.84. The first kappa shape index (κ1) is 19.8. The molecule has 0 heterocycles. The highest BCUT2D eigenvalue weighted by Crippen LogP contribution is 2.09. The van der Waals surface area contributed by atoms with Crippen LogP contribution in [0, 0.1) is 0 Å². The molecule has 0 saturated carbocycles. The first-order valence-corrected chi connectivity index (χ1v) is 9.75. The van der Waals surface area contributed by atoms with E-state index in [0.717, 1.165) is 11.3 Å². The highest BCUT2D eigenvalue weighted by Gasteiger charge is 2.22. The van der Waals surface area contributed by atoms with Gasteiger partial charge in [0.1, 0.15) is 18.4 Å². The number of carbonyl (C=O) groups is 2. The fourth-order valence-corrected chi connectivity index (χ4v) is 2.69. The number of hydrogen-bond acceptors (Lipinski definition) is 5. The van der Waals surface area contributed by atoms with Crippen LogP contribution in [-0.4, -0.2) is 36.5 Å². The van der Waals surface area contributed by atoms with E-state index in [4.69, 9.17) is 9.47 Å². The summed E-state index contributed by atoms with van der Waals surface area (Å²) in [6, 6.07) is 17.8. The summed E-state index contributed by atoms with van der Waals surface area (Å²) >= 11 is 1.61. The molecule has 2 aromatic rings. The second kappa shape index (κ2) is 11.2. The molecule has 0 fully saturated rings. The normalized spacial score (nSPS) is 11.4. The quantitative estimate of drug-likeness (QED) is 0.649. The standard InChI is InChI=1S/C20H23NO4S/c1-26-13-12-18(20(23)25-14-16-8-4-2-5-9-16)21-19(22)15-24-17-10-6-3-7-11-17/h2-11,18H,12-15H2,1H3,(H,21,22)/t18-/m0/s1. The predicted molar refractivity (Wildman–Crippen MR) is 103 cm³/mol. The topological polar surface area (TPSA) is 64.6 Å². The summed E-state index contributed by atoms with van der Waals surface area (Å²) in [4.78, 5) is 24.5. The highest BCUT2D eigenvalue weighted by atomic mass is 32.2. The van der Waals surface area contributed by atoms with Crippen molar-refractivity contribution in [1.29, 1.82) is 0 Å². The third-order valence-electron chi connectivity index (χ3n) is 3.57. The van der Waals surface area contributed by atoms with Crippen LogP contribution < -0.4 is 10.1 Å². The fraction of sp³-hybridized carbons (Fsp3) is 0.300. The number of rotatable bonds is 10. The van der Waals surface area contributed by atoms with Gasteiger partial charge in [0, 0.05) is 0 Å². The average molecular weight is 373 g/mol. The number of carbonyl (C=O) groups excluding carboxylic acids is 2.